The van der Waals surface area contributed by atoms with Gasteiger partial charge in [0, 0.05) is 25.1 Å². The van der Waals surface area contributed by atoms with E-state index in [9.17, 15) is 5.11 Å². The van der Waals surface area contributed by atoms with Gasteiger partial charge < -0.3 is 25.6 Å². The van der Waals surface area contributed by atoms with Crippen LogP contribution in [-0.4, -0.2) is 37.1 Å². The van der Waals surface area contributed by atoms with Gasteiger partial charge in [-0.3, -0.25) is 0 Å². The predicted molar refractivity (Wildman–Crippen MR) is 84.7 cm³/mol. The molecule has 0 unspecified atom stereocenters. The summed E-state index contributed by atoms with van der Waals surface area (Å²) < 4.78 is 10.9. The lowest BCUT2D eigenvalue weighted by molar-refractivity contribution is -0.0226. The number of hydrogen-bond donors (Lipinski definition) is 3. The second-order valence-electron chi connectivity index (χ2n) is 5.23. The molecule has 0 radical (unpaired) electrons. The van der Waals surface area contributed by atoms with Crippen molar-refractivity contribution in [1.82, 2.24) is 5.32 Å². The Bertz CT molecular complexity index is 486. The zero-order chi connectivity index (χ0) is 16.4. The van der Waals surface area contributed by atoms with Crippen molar-refractivity contribution < 1.29 is 14.6 Å². The number of ether oxygens (including phenoxy) is 2. The molecule has 6 nitrogen and oxygen atoms in total. The van der Waals surface area contributed by atoms with Crippen LogP contribution in [0.15, 0.2) is 18.2 Å². The summed E-state index contributed by atoms with van der Waals surface area (Å²) in [5.41, 5.74) is 5.78. The summed E-state index contributed by atoms with van der Waals surface area (Å²) in [5.74, 6) is 0.944. The molecule has 0 spiro atoms. The van der Waals surface area contributed by atoms with Gasteiger partial charge in [0.2, 0.25) is 0 Å². The molecular weight excluding hydrogens is 282 g/mol. The van der Waals surface area contributed by atoms with Crippen LogP contribution in [0, 0.1) is 11.3 Å². The van der Waals surface area contributed by atoms with Gasteiger partial charge in [-0.15, -0.1) is 0 Å². The van der Waals surface area contributed by atoms with Gasteiger partial charge in [0.25, 0.3) is 0 Å². The van der Waals surface area contributed by atoms with Gasteiger partial charge in [-0.1, -0.05) is 13.8 Å². The Morgan fingerprint density at radius 2 is 2.18 bits per heavy atom. The predicted octanol–water partition coefficient (Wildman–Crippen LogP) is 1.37. The molecular formula is C16H25N3O3. The lowest BCUT2D eigenvalue weighted by atomic mass is 10.2. The standard InChI is InChI=1S/C16H25N3O3/c1-12(2)19-8-6-16(20)22-14-4-5-15(13(10-14)11-18)21-9-3-7-17/h4-5,10,12,16,19-20H,3,6-9,17H2,1-2H3/t16-/m0/s1. The van der Waals surface area contributed by atoms with Crippen LogP contribution in [0.2, 0.25) is 0 Å². The molecule has 122 valence electrons. The van der Waals surface area contributed by atoms with Gasteiger partial charge in [0.15, 0.2) is 6.29 Å². The van der Waals surface area contributed by atoms with Crippen molar-refractivity contribution in [2.24, 2.45) is 5.73 Å². The topological polar surface area (TPSA) is 101 Å². The SMILES string of the molecule is CC(C)NCC[C@@H](O)Oc1ccc(OCCCN)c(C#N)c1. The zero-order valence-electron chi connectivity index (χ0n) is 13.2. The smallest absolute Gasteiger partial charge is 0.198 e. The summed E-state index contributed by atoms with van der Waals surface area (Å²) in [6.45, 7) is 5.74. The summed E-state index contributed by atoms with van der Waals surface area (Å²) in [4.78, 5) is 0. The second kappa shape index (κ2) is 10.0. The number of rotatable bonds is 10. The molecule has 0 saturated heterocycles. The summed E-state index contributed by atoms with van der Waals surface area (Å²) in [5, 5.41) is 22.2. The monoisotopic (exact) mass is 307 g/mol. The molecule has 0 aliphatic heterocycles. The van der Waals surface area contributed by atoms with E-state index in [1.807, 2.05) is 13.8 Å². The fourth-order valence-corrected chi connectivity index (χ4v) is 1.77. The average molecular weight is 307 g/mol. The van der Waals surface area contributed by atoms with Crippen LogP contribution < -0.4 is 20.5 Å². The molecule has 0 heterocycles. The first kappa shape index (κ1) is 18.2. The van der Waals surface area contributed by atoms with Crippen LogP contribution in [-0.2, 0) is 0 Å². The number of aliphatic hydroxyl groups is 1. The van der Waals surface area contributed by atoms with Gasteiger partial charge in [-0.05, 0) is 25.1 Å². The van der Waals surface area contributed by atoms with Crippen LogP contribution >= 0.6 is 0 Å². The first-order valence-electron chi connectivity index (χ1n) is 7.52. The minimum Gasteiger partial charge on any atom is -0.492 e. The van der Waals surface area contributed by atoms with Crippen LogP contribution in [0.25, 0.3) is 0 Å². The van der Waals surface area contributed by atoms with Crippen molar-refractivity contribution in [3.63, 3.8) is 0 Å². The Labute approximate surface area is 131 Å². The highest BCUT2D eigenvalue weighted by molar-refractivity contribution is 5.47. The van der Waals surface area contributed by atoms with Crippen molar-refractivity contribution in [3.05, 3.63) is 23.8 Å². The Hall–Kier alpha value is -1.81. The quantitative estimate of drug-likeness (QED) is 0.446. The summed E-state index contributed by atoms with van der Waals surface area (Å²) >= 11 is 0. The summed E-state index contributed by atoms with van der Waals surface area (Å²) in [7, 11) is 0. The highest BCUT2D eigenvalue weighted by Gasteiger charge is 2.10. The molecule has 0 aliphatic rings. The number of benzene rings is 1. The van der Waals surface area contributed by atoms with E-state index in [0.29, 0.717) is 49.2 Å². The largest absolute Gasteiger partial charge is 0.492 e. The Morgan fingerprint density at radius 3 is 2.82 bits per heavy atom. The van der Waals surface area contributed by atoms with E-state index in [4.69, 9.17) is 20.5 Å². The van der Waals surface area contributed by atoms with Crippen molar-refractivity contribution in [3.8, 4) is 17.6 Å². The van der Waals surface area contributed by atoms with Crippen LogP contribution in [0.5, 0.6) is 11.5 Å². The molecule has 22 heavy (non-hydrogen) atoms. The van der Waals surface area contributed by atoms with E-state index in [2.05, 4.69) is 11.4 Å². The third kappa shape index (κ3) is 6.76. The van der Waals surface area contributed by atoms with Crippen molar-refractivity contribution in [2.75, 3.05) is 19.7 Å². The number of nitriles is 1. The number of nitrogens with one attached hydrogen (secondary N) is 1. The molecule has 1 aromatic rings. The third-order valence-electron chi connectivity index (χ3n) is 2.89. The Balaban J connectivity index is 2.55. The van der Waals surface area contributed by atoms with E-state index >= 15 is 0 Å². The summed E-state index contributed by atoms with van der Waals surface area (Å²) in [6, 6.07) is 7.34. The minimum absolute atomic E-state index is 0.363. The van der Waals surface area contributed by atoms with Crippen molar-refractivity contribution >= 4 is 0 Å². The van der Waals surface area contributed by atoms with Crippen molar-refractivity contribution in [1.29, 1.82) is 5.26 Å². The Kier molecular flexibility index (Phi) is 8.30. The molecule has 1 atom stereocenters. The van der Waals surface area contributed by atoms with Crippen LogP contribution in [0.1, 0.15) is 32.3 Å². The number of nitrogens with two attached hydrogens (primary N) is 1. The van der Waals surface area contributed by atoms with Gasteiger partial charge >= 0.3 is 0 Å². The molecule has 6 heteroatoms. The van der Waals surface area contributed by atoms with Gasteiger partial charge in [-0.25, -0.2) is 0 Å². The lowest BCUT2D eigenvalue weighted by Gasteiger charge is -2.16. The third-order valence-corrected chi connectivity index (χ3v) is 2.89. The Morgan fingerprint density at radius 1 is 1.41 bits per heavy atom. The van der Waals surface area contributed by atoms with Gasteiger partial charge in [0.05, 0.1) is 12.2 Å². The molecule has 0 aromatic heterocycles. The molecule has 1 rings (SSSR count). The van der Waals surface area contributed by atoms with E-state index in [1.54, 1.807) is 18.2 Å². The van der Waals surface area contributed by atoms with E-state index in [0.717, 1.165) is 6.42 Å². The molecule has 0 fully saturated rings. The van der Waals surface area contributed by atoms with Crippen LogP contribution in [0.4, 0.5) is 0 Å². The maximum Gasteiger partial charge on any atom is 0.198 e. The van der Waals surface area contributed by atoms with E-state index < -0.39 is 6.29 Å². The minimum atomic E-state index is -0.915. The van der Waals surface area contributed by atoms with Gasteiger partial charge in [0.1, 0.15) is 17.6 Å². The number of hydrogen-bond acceptors (Lipinski definition) is 6. The highest BCUT2D eigenvalue weighted by Crippen LogP contribution is 2.24. The first-order chi connectivity index (χ1) is 10.6. The number of aliphatic hydroxyl groups excluding tert-OH is 1. The first-order valence-corrected chi connectivity index (χ1v) is 7.52. The second-order valence-corrected chi connectivity index (χ2v) is 5.23. The molecule has 0 bridgehead atoms. The average Bonchev–Trinajstić information content (AvgIpc) is 2.48. The van der Waals surface area contributed by atoms with E-state index in [1.165, 1.54) is 0 Å². The fraction of sp³-hybridized carbons (Fsp3) is 0.562. The maximum absolute atomic E-state index is 9.83. The summed E-state index contributed by atoms with van der Waals surface area (Å²) in [6.07, 6.45) is 0.279. The molecule has 1 aromatic carbocycles. The number of nitrogens with zero attached hydrogens (tertiary/aromatic N) is 1. The van der Waals surface area contributed by atoms with Crippen molar-refractivity contribution in [2.45, 2.75) is 39.0 Å². The molecule has 0 amide bonds. The van der Waals surface area contributed by atoms with E-state index in [-0.39, 0.29) is 0 Å². The lowest BCUT2D eigenvalue weighted by Crippen LogP contribution is -2.28. The van der Waals surface area contributed by atoms with Crippen LogP contribution in [0.3, 0.4) is 0 Å². The fourth-order valence-electron chi connectivity index (χ4n) is 1.77. The van der Waals surface area contributed by atoms with Gasteiger partial charge in [-0.2, -0.15) is 5.26 Å². The normalized spacial score (nSPS) is 12.0. The molecule has 0 saturated carbocycles. The molecule has 4 N–H and O–H groups in total. The molecule has 0 aliphatic carbocycles. The zero-order valence-corrected chi connectivity index (χ0v) is 13.2. The highest BCUT2D eigenvalue weighted by atomic mass is 16.6. The maximum atomic E-state index is 9.83.